The maximum absolute atomic E-state index is 12.0. The fourth-order valence-electron chi connectivity index (χ4n) is 1.51. The molecule has 0 radical (unpaired) electrons. The molecule has 19 heavy (non-hydrogen) atoms. The number of anilines is 1. The molecule has 0 spiro atoms. The fraction of sp³-hybridized carbons (Fsp3) is 0.167. The van der Waals surface area contributed by atoms with E-state index < -0.39 is 6.04 Å². The van der Waals surface area contributed by atoms with Gasteiger partial charge in [0.1, 0.15) is 6.04 Å². The first-order valence-electron chi connectivity index (χ1n) is 5.47. The smallest absolute Gasteiger partial charge is 0.248 e. The summed E-state index contributed by atoms with van der Waals surface area (Å²) < 4.78 is 1.53. The van der Waals surface area contributed by atoms with E-state index in [9.17, 15) is 9.90 Å². The Kier molecular flexibility index (Phi) is 3.97. The van der Waals surface area contributed by atoms with Gasteiger partial charge in [-0.2, -0.15) is 5.10 Å². The Hall–Kier alpha value is -1.72. The summed E-state index contributed by atoms with van der Waals surface area (Å²) in [4.78, 5) is 12.0. The number of benzene rings is 1. The Morgan fingerprint density at radius 3 is 2.58 bits per heavy atom. The molecule has 100 valence electrons. The van der Waals surface area contributed by atoms with Gasteiger partial charge in [0.25, 0.3) is 0 Å². The zero-order chi connectivity index (χ0) is 14.0. The molecule has 0 saturated carbocycles. The summed E-state index contributed by atoms with van der Waals surface area (Å²) in [5, 5.41) is 16.2. The third kappa shape index (κ3) is 3.00. The number of phenols is 1. The van der Waals surface area contributed by atoms with E-state index in [1.54, 1.807) is 25.4 Å². The molecule has 0 aliphatic carbocycles. The second-order valence-electron chi connectivity index (χ2n) is 3.94. The lowest BCUT2D eigenvalue weighted by atomic mass is 10.2. The highest BCUT2D eigenvalue weighted by Gasteiger charge is 2.16. The van der Waals surface area contributed by atoms with E-state index in [0.29, 0.717) is 5.69 Å². The van der Waals surface area contributed by atoms with Crippen LogP contribution in [0.25, 0.3) is 0 Å². The van der Waals surface area contributed by atoms with Crippen molar-refractivity contribution in [1.82, 2.24) is 9.78 Å². The van der Waals surface area contributed by atoms with Crippen molar-refractivity contribution in [1.29, 1.82) is 0 Å². The zero-order valence-corrected chi connectivity index (χ0v) is 11.5. The van der Waals surface area contributed by atoms with E-state index in [1.165, 1.54) is 16.8 Å². The lowest BCUT2D eigenvalue weighted by Gasteiger charge is -2.13. The SMILES string of the molecule is CC(C(=O)Nc1cc(Cl)c(O)c(Cl)c1)n1cccn1. The van der Waals surface area contributed by atoms with E-state index in [0.717, 1.165) is 0 Å². The summed E-state index contributed by atoms with van der Waals surface area (Å²) >= 11 is 11.6. The normalized spacial score (nSPS) is 12.2. The van der Waals surface area contributed by atoms with Crippen LogP contribution in [0.3, 0.4) is 0 Å². The van der Waals surface area contributed by atoms with Crippen LogP contribution < -0.4 is 5.32 Å². The molecule has 0 aliphatic heterocycles. The molecule has 2 aromatic rings. The predicted octanol–water partition coefficient (Wildman–Crippen LogP) is 3.10. The maximum Gasteiger partial charge on any atom is 0.248 e. The van der Waals surface area contributed by atoms with Crippen molar-refractivity contribution < 1.29 is 9.90 Å². The van der Waals surface area contributed by atoms with Crippen LogP contribution in [-0.4, -0.2) is 20.8 Å². The van der Waals surface area contributed by atoms with Crippen molar-refractivity contribution in [3.05, 3.63) is 40.6 Å². The lowest BCUT2D eigenvalue weighted by Crippen LogP contribution is -2.23. The van der Waals surface area contributed by atoms with E-state index in [1.807, 2.05) is 0 Å². The number of aromatic hydroxyl groups is 1. The lowest BCUT2D eigenvalue weighted by molar-refractivity contribution is -0.119. The van der Waals surface area contributed by atoms with Crippen LogP contribution in [0.5, 0.6) is 5.75 Å². The quantitative estimate of drug-likeness (QED) is 0.856. The Morgan fingerprint density at radius 2 is 2.05 bits per heavy atom. The molecule has 0 saturated heterocycles. The fourth-order valence-corrected chi connectivity index (χ4v) is 2.00. The Morgan fingerprint density at radius 1 is 1.42 bits per heavy atom. The number of hydrogen-bond acceptors (Lipinski definition) is 3. The van der Waals surface area contributed by atoms with Gasteiger partial charge in [-0.05, 0) is 25.1 Å². The monoisotopic (exact) mass is 299 g/mol. The number of amides is 1. The van der Waals surface area contributed by atoms with Crippen LogP contribution in [0.2, 0.25) is 10.0 Å². The molecular weight excluding hydrogens is 289 g/mol. The van der Waals surface area contributed by atoms with Crippen molar-refractivity contribution in [2.45, 2.75) is 13.0 Å². The highest BCUT2D eigenvalue weighted by Crippen LogP contribution is 2.34. The summed E-state index contributed by atoms with van der Waals surface area (Å²) in [6.45, 7) is 1.71. The average molecular weight is 300 g/mol. The first kappa shape index (κ1) is 13.7. The second-order valence-corrected chi connectivity index (χ2v) is 4.75. The van der Waals surface area contributed by atoms with E-state index in [4.69, 9.17) is 23.2 Å². The standard InChI is InChI=1S/C12H11Cl2N3O2/c1-7(17-4-2-3-15-17)12(19)16-8-5-9(13)11(18)10(14)6-8/h2-7,18H,1H3,(H,16,19). The highest BCUT2D eigenvalue weighted by molar-refractivity contribution is 6.37. The molecule has 7 heteroatoms. The van der Waals surface area contributed by atoms with Gasteiger partial charge < -0.3 is 10.4 Å². The van der Waals surface area contributed by atoms with Crippen LogP contribution in [0.4, 0.5) is 5.69 Å². The molecule has 0 aliphatic rings. The molecule has 0 fully saturated rings. The van der Waals surface area contributed by atoms with Crippen molar-refractivity contribution in [2.75, 3.05) is 5.32 Å². The van der Waals surface area contributed by atoms with E-state index in [2.05, 4.69) is 10.4 Å². The number of nitrogens with one attached hydrogen (secondary N) is 1. The van der Waals surface area contributed by atoms with Crippen molar-refractivity contribution in [3.8, 4) is 5.75 Å². The van der Waals surface area contributed by atoms with Gasteiger partial charge in [-0.3, -0.25) is 9.48 Å². The topological polar surface area (TPSA) is 67.2 Å². The molecule has 1 heterocycles. The van der Waals surface area contributed by atoms with Gasteiger partial charge in [-0.15, -0.1) is 0 Å². The van der Waals surface area contributed by atoms with Gasteiger partial charge in [0.05, 0.1) is 10.0 Å². The van der Waals surface area contributed by atoms with Crippen molar-refractivity contribution in [2.24, 2.45) is 0 Å². The van der Waals surface area contributed by atoms with Crippen molar-refractivity contribution >= 4 is 34.8 Å². The molecule has 1 amide bonds. The van der Waals surface area contributed by atoms with Crippen LogP contribution in [0.15, 0.2) is 30.6 Å². The Balaban J connectivity index is 2.15. The molecule has 1 atom stereocenters. The van der Waals surface area contributed by atoms with Gasteiger partial charge in [-0.1, -0.05) is 23.2 Å². The average Bonchev–Trinajstić information content (AvgIpc) is 2.88. The van der Waals surface area contributed by atoms with Crippen LogP contribution in [-0.2, 0) is 4.79 Å². The summed E-state index contributed by atoms with van der Waals surface area (Å²) in [5.41, 5.74) is 0.414. The molecule has 2 N–H and O–H groups in total. The molecule has 1 aromatic carbocycles. The van der Waals surface area contributed by atoms with Gasteiger partial charge in [0.2, 0.25) is 5.91 Å². The van der Waals surface area contributed by atoms with Gasteiger partial charge in [0, 0.05) is 18.1 Å². The largest absolute Gasteiger partial charge is 0.505 e. The Labute approximate surface area is 119 Å². The third-order valence-electron chi connectivity index (χ3n) is 2.59. The van der Waals surface area contributed by atoms with E-state index >= 15 is 0 Å². The number of rotatable bonds is 3. The minimum Gasteiger partial charge on any atom is -0.505 e. The molecule has 0 bridgehead atoms. The predicted molar refractivity (Wildman–Crippen MR) is 73.7 cm³/mol. The highest BCUT2D eigenvalue weighted by atomic mass is 35.5. The van der Waals surface area contributed by atoms with Crippen LogP contribution >= 0.6 is 23.2 Å². The van der Waals surface area contributed by atoms with Crippen LogP contribution in [0.1, 0.15) is 13.0 Å². The van der Waals surface area contributed by atoms with Gasteiger partial charge >= 0.3 is 0 Å². The summed E-state index contributed by atoms with van der Waals surface area (Å²) in [5.74, 6) is -0.469. The number of nitrogens with zero attached hydrogens (tertiary/aromatic N) is 2. The third-order valence-corrected chi connectivity index (χ3v) is 3.16. The van der Waals surface area contributed by atoms with Crippen LogP contribution in [0, 0.1) is 0 Å². The van der Waals surface area contributed by atoms with E-state index in [-0.39, 0.29) is 21.7 Å². The van der Waals surface area contributed by atoms with Gasteiger partial charge in [0.15, 0.2) is 5.75 Å². The maximum atomic E-state index is 12.0. The minimum atomic E-state index is -0.471. The summed E-state index contributed by atoms with van der Waals surface area (Å²) in [6, 6.07) is 4.12. The summed E-state index contributed by atoms with van der Waals surface area (Å²) in [7, 11) is 0. The number of phenolic OH excluding ortho intramolecular Hbond substituents is 1. The second kappa shape index (κ2) is 5.50. The first-order chi connectivity index (χ1) is 8.99. The molecule has 1 aromatic heterocycles. The van der Waals surface area contributed by atoms with Gasteiger partial charge in [-0.25, -0.2) is 0 Å². The number of carbonyl (C=O) groups is 1. The minimum absolute atomic E-state index is 0.0783. The Bertz CT molecular complexity index is 576. The zero-order valence-electron chi connectivity index (χ0n) is 9.97. The number of aromatic nitrogens is 2. The molecule has 2 rings (SSSR count). The van der Waals surface area contributed by atoms with Crippen molar-refractivity contribution in [3.63, 3.8) is 0 Å². The number of halogens is 2. The number of carbonyl (C=O) groups excluding carboxylic acids is 1. The molecule has 1 unspecified atom stereocenters. The molecule has 5 nitrogen and oxygen atoms in total. The summed E-state index contributed by atoms with van der Waals surface area (Å²) in [6.07, 6.45) is 3.29. The first-order valence-corrected chi connectivity index (χ1v) is 6.22. The molecular formula is C12H11Cl2N3O2. The number of hydrogen-bond donors (Lipinski definition) is 2.